The van der Waals surface area contributed by atoms with Crippen molar-refractivity contribution in [2.24, 2.45) is 0 Å². The van der Waals surface area contributed by atoms with E-state index in [1.165, 1.54) is 18.4 Å². The lowest BCUT2D eigenvalue weighted by Crippen LogP contribution is -2.14. The summed E-state index contributed by atoms with van der Waals surface area (Å²) in [4.78, 5) is 27.2. The minimum absolute atomic E-state index is 0.326. The van der Waals surface area contributed by atoms with Gasteiger partial charge in [0, 0.05) is 11.6 Å². The first kappa shape index (κ1) is 18.1. The van der Waals surface area contributed by atoms with E-state index in [2.05, 4.69) is 34.3 Å². The standard InChI is InChI=1S/C16H22N4O3S/c1-6-10(7-2)14-19-20-16(24-14)18-13(21)12-8(3)11(9(4)17-12)15(22)23-5/h10,17H,6-7H2,1-5H3,(H,18,20,21). The summed E-state index contributed by atoms with van der Waals surface area (Å²) in [6, 6.07) is 0. The van der Waals surface area contributed by atoms with Gasteiger partial charge in [-0.15, -0.1) is 10.2 Å². The van der Waals surface area contributed by atoms with Crippen molar-refractivity contribution in [3.05, 3.63) is 27.5 Å². The van der Waals surface area contributed by atoms with Crippen LogP contribution in [0.25, 0.3) is 0 Å². The zero-order valence-electron chi connectivity index (χ0n) is 14.5. The van der Waals surface area contributed by atoms with Crippen molar-refractivity contribution in [1.82, 2.24) is 15.2 Å². The molecule has 24 heavy (non-hydrogen) atoms. The highest BCUT2D eigenvalue weighted by molar-refractivity contribution is 7.15. The number of hydrogen-bond donors (Lipinski definition) is 2. The Hall–Kier alpha value is -2.22. The predicted molar refractivity (Wildman–Crippen MR) is 92.8 cm³/mol. The maximum Gasteiger partial charge on any atom is 0.339 e. The van der Waals surface area contributed by atoms with Crippen LogP contribution < -0.4 is 5.32 Å². The molecule has 1 amide bonds. The SMILES string of the molecule is CCC(CC)c1nnc(NC(=O)c2[nH]c(C)c(C(=O)OC)c2C)s1. The number of carbonyl (C=O) groups excluding carboxylic acids is 2. The number of ether oxygens (including phenoxy) is 1. The number of H-pyrrole nitrogens is 1. The first-order chi connectivity index (χ1) is 11.4. The average molecular weight is 350 g/mol. The van der Waals surface area contributed by atoms with Gasteiger partial charge in [-0.2, -0.15) is 0 Å². The van der Waals surface area contributed by atoms with Crippen LogP contribution >= 0.6 is 11.3 Å². The summed E-state index contributed by atoms with van der Waals surface area (Å²) in [5, 5.41) is 12.3. The first-order valence-corrected chi connectivity index (χ1v) is 8.66. The molecule has 0 unspecified atom stereocenters. The molecule has 0 aromatic carbocycles. The number of rotatable bonds is 6. The van der Waals surface area contributed by atoms with Gasteiger partial charge in [-0.1, -0.05) is 25.2 Å². The van der Waals surface area contributed by atoms with Gasteiger partial charge in [-0.3, -0.25) is 10.1 Å². The first-order valence-electron chi connectivity index (χ1n) is 7.85. The molecule has 0 aliphatic carbocycles. The Balaban J connectivity index is 2.21. The fourth-order valence-electron chi connectivity index (χ4n) is 2.63. The number of nitrogens with one attached hydrogen (secondary N) is 2. The van der Waals surface area contributed by atoms with Gasteiger partial charge in [0.05, 0.1) is 12.7 Å². The fourth-order valence-corrected chi connectivity index (χ4v) is 3.64. The summed E-state index contributed by atoms with van der Waals surface area (Å²) < 4.78 is 4.75. The highest BCUT2D eigenvalue weighted by atomic mass is 32.1. The predicted octanol–water partition coefficient (Wildman–Crippen LogP) is 3.43. The van der Waals surface area contributed by atoms with Crippen molar-refractivity contribution in [2.45, 2.75) is 46.5 Å². The molecule has 7 nitrogen and oxygen atoms in total. The van der Waals surface area contributed by atoms with Crippen molar-refractivity contribution in [3.8, 4) is 0 Å². The topological polar surface area (TPSA) is 97.0 Å². The molecule has 0 spiro atoms. The van der Waals surface area contributed by atoms with Gasteiger partial charge in [0.15, 0.2) is 0 Å². The van der Waals surface area contributed by atoms with E-state index in [-0.39, 0.29) is 5.91 Å². The van der Waals surface area contributed by atoms with Crippen LogP contribution in [0.5, 0.6) is 0 Å². The van der Waals surface area contributed by atoms with Crippen molar-refractivity contribution in [3.63, 3.8) is 0 Å². The number of carbonyl (C=O) groups is 2. The maximum atomic E-state index is 12.5. The quantitative estimate of drug-likeness (QED) is 0.778. The Bertz CT molecular complexity index is 747. The third-order valence-corrected chi connectivity index (χ3v) is 5.05. The largest absolute Gasteiger partial charge is 0.465 e. The zero-order chi connectivity index (χ0) is 17.9. The molecule has 8 heteroatoms. The van der Waals surface area contributed by atoms with Crippen molar-refractivity contribution in [1.29, 1.82) is 0 Å². The van der Waals surface area contributed by atoms with E-state index in [0.717, 1.165) is 17.8 Å². The van der Waals surface area contributed by atoms with Crippen molar-refractivity contribution >= 4 is 28.3 Å². The normalized spacial score (nSPS) is 10.9. The van der Waals surface area contributed by atoms with Gasteiger partial charge < -0.3 is 9.72 Å². The second-order valence-corrected chi connectivity index (χ2v) is 6.54. The van der Waals surface area contributed by atoms with E-state index in [9.17, 15) is 9.59 Å². The zero-order valence-corrected chi connectivity index (χ0v) is 15.3. The maximum absolute atomic E-state index is 12.5. The lowest BCUT2D eigenvalue weighted by Gasteiger charge is -2.05. The minimum atomic E-state index is -0.466. The van der Waals surface area contributed by atoms with E-state index in [1.807, 2.05) is 0 Å². The van der Waals surface area contributed by atoms with Gasteiger partial charge in [-0.25, -0.2) is 4.79 Å². The molecule has 2 aromatic heterocycles. The van der Waals surface area contributed by atoms with Crippen LogP contribution in [0.15, 0.2) is 0 Å². The van der Waals surface area contributed by atoms with Gasteiger partial charge in [0.1, 0.15) is 10.7 Å². The average Bonchev–Trinajstić information content (AvgIpc) is 3.12. The molecule has 2 aromatic rings. The molecular formula is C16H22N4O3S. The van der Waals surface area contributed by atoms with E-state index in [0.29, 0.717) is 33.6 Å². The molecule has 0 saturated carbocycles. The van der Waals surface area contributed by atoms with Crippen LogP contribution in [0, 0.1) is 13.8 Å². The summed E-state index contributed by atoms with van der Waals surface area (Å²) in [6.07, 6.45) is 1.97. The molecule has 2 rings (SSSR count). The second kappa shape index (κ2) is 7.57. The molecule has 0 bridgehead atoms. The summed E-state index contributed by atoms with van der Waals surface area (Å²) in [5.74, 6) is -0.459. The minimum Gasteiger partial charge on any atom is -0.465 e. The Morgan fingerprint density at radius 2 is 1.92 bits per heavy atom. The van der Waals surface area contributed by atoms with Gasteiger partial charge in [0.2, 0.25) is 5.13 Å². The summed E-state index contributed by atoms with van der Waals surface area (Å²) in [6.45, 7) is 7.65. The van der Waals surface area contributed by atoms with Crippen molar-refractivity contribution in [2.75, 3.05) is 12.4 Å². The van der Waals surface area contributed by atoms with Crippen LogP contribution in [0.3, 0.4) is 0 Å². The number of methoxy groups -OCH3 is 1. The number of hydrogen-bond acceptors (Lipinski definition) is 6. The Labute approximate surface area is 144 Å². The molecule has 0 fully saturated rings. The number of aromatic amines is 1. The van der Waals surface area contributed by atoms with Crippen LogP contribution in [-0.4, -0.2) is 34.2 Å². The lowest BCUT2D eigenvalue weighted by atomic mass is 10.1. The molecule has 0 aliphatic rings. The third kappa shape index (κ3) is 3.48. The monoisotopic (exact) mass is 350 g/mol. The van der Waals surface area contributed by atoms with Crippen LogP contribution in [0.2, 0.25) is 0 Å². The number of nitrogens with zero attached hydrogens (tertiary/aromatic N) is 2. The Morgan fingerprint density at radius 3 is 2.50 bits per heavy atom. The second-order valence-electron chi connectivity index (χ2n) is 5.53. The van der Waals surface area contributed by atoms with Gasteiger partial charge >= 0.3 is 5.97 Å². The smallest absolute Gasteiger partial charge is 0.339 e. The highest BCUT2D eigenvalue weighted by Crippen LogP contribution is 2.28. The number of aromatic nitrogens is 3. The molecule has 0 aliphatic heterocycles. The Kier molecular flexibility index (Phi) is 5.71. The van der Waals surface area contributed by atoms with Crippen LogP contribution in [0.4, 0.5) is 5.13 Å². The van der Waals surface area contributed by atoms with Crippen LogP contribution in [-0.2, 0) is 4.74 Å². The molecule has 2 N–H and O–H groups in total. The van der Waals surface area contributed by atoms with E-state index >= 15 is 0 Å². The number of esters is 1. The lowest BCUT2D eigenvalue weighted by molar-refractivity contribution is 0.0599. The molecule has 0 radical (unpaired) electrons. The van der Waals surface area contributed by atoms with Gasteiger partial charge in [-0.05, 0) is 32.3 Å². The number of anilines is 1. The summed E-state index contributed by atoms with van der Waals surface area (Å²) >= 11 is 1.38. The number of aryl methyl sites for hydroxylation is 1. The summed E-state index contributed by atoms with van der Waals surface area (Å²) in [5.41, 5.74) is 1.87. The van der Waals surface area contributed by atoms with E-state index in [4.69, 9.17) is 4.74 Å². The van der Waals surface area contributed by atoms with E-state index < -0.39 is 5.97 Å². The highest BCUT2D eigenvalue weighted by Gasteiger charge is 2.23. The Morgan fingerprint density at radius 1 is 1.25 bits per heavy atom. The molecule has 0 atom stereocenters. The fraction of sp³-hybridized carbons (Fsp3) is 0.500. The molecule has 2 heterocycles. The van der Waals surface area contributed by atoms with E-state index in [1.54, 1.807) is 13.8 Å². The summed E-state index contributed by atoms with van der Waals surface area (Å²) in [7, 11) is 1.31. The van der Waals surface area contributed by atoms with Gasteiger partial charge in [0.25, 0.3) is 5.91 Å². The molecular weight excluding hydrogens is 328 g/mol. The third-order valence-electron chi connectivity index (χ3n) is 4.05. The number of amides is 1. The van der Waals surface area contributed by atoms with Crippen LogP contribution in [0.1, 0.15) is 69.7 Å². The molecule has 130 valence electrons. The van der Waals surface area contributed by atoms with Crippen molar-refractivity contribution < 1.29 is 14.3 Å². The molecule has 0 saturated heterocycles.